The van der Waals surface area contributed by atoms with Crippen molar-refractivity contribution in [1.29, 1.82) is 0 Å². The van der Waals surface area contributed by atoms with Crippen LogP contribution in [0.3, 0.4) is 0 Å². The van der Waals surface area contributed by atoms with Crippen LogP contribution in [-0.2, 0) is 6.61 Å². The van der Waals surface area contributed by atoms with Gasteiger partial charge in [-0.3, -0.25) is 4.98 Å². The molecule has 0 bridgehead atoms. The molecule has 0 radical (unpaired) electrons. The topological polar surface area (TPSA) is 92.3 Å². The summed E-state index contributed by atoms with van der Waals surface area (Å²) in [7, 11) is 0. The van der Waals surface area contributed by atoms with Gasteiger partial charge in [-0.15, -0.1) is 5.10 Å². The number of hydrogen-bond donors (Lipinski definition) is 1. The third-order valence-electron chi connectivity index (χ3n) is 4.48. The second kappa shape index (κ2) is 6.80. The minimum absolute atomic E-state index is 0.110. The van der Waals surface area contributed by atoms with E-state index in [0.29, 0.717) is 17.3 Å². The summed E-state index contributed by atoms with van der Waals surface area (Å²) < 4.78 is 1.78. The predicted molar refractivity (Wildman–Crippen MR) is 98.6 cm³/mol. The van der Waals surface area contributed by atoms with Gasteiger partial charge in [-0.1, -0.05) is 0 Å². The van der Waals surface area contributed by atoms with E-state index in [2.05, 4.69) is 29.9 Å². The highest BCUT2D eigenvalue weighted by molar-refractivity contribution is 5.65. The minimum atomic E-state index is -0.110. The Morgan fingerprint density at radius 3 is 2.58 bits per heavy atom. The summed E-state index contributed by atoms with van der Waals surface area (Å²) in [6.07, 6.45) is 7.69. The number of fused-ring (bicyclic) bond motifs is 1. The van der Waals surface area contributed by atoms with Crippen LogP contribution in [0.5, 0.6) is 0 Å². The average Bonchev–Trinajstić information content (AvgIpc) is 3.33. The van der Waals surface area contributed by atoms with Crippen molar-refractivity contribution >= 4 is 23.6 Å². The third-order valence-corrected chi connectivity index (χ3v) is 4.48. The van der Waals surface area contributed by atoms with Gasteiger partial charge in [0.25, 0.3) is 0 Å². The Morgan fingerprint density at radius 2 is 1.85 bits per heavy atom. The average molecular weight is 351 g/mol. The summed E-state index contributed by atoms with van der Waals surface area (Å²) in [4.78, 5) is 20.0. The summed E-state index contributed by atoms with van der Waals surface area (Å²) in [5.41, 5.74) is 3.11. The first-order valence-corrected chi connectivity index (χ1v) is 8.75. The summed E-state index contributed by atoms with van der Waals surface area (Å²) in [5.74, 6) is 1.98. The van der Waals surface area contributed by atoms with Gasteiger partial charge in [0.1, 0.15) is 5.82 Å². The molecule has 0 unspecified atom stereocenters. The quantitative estimate of drug-likeness (QED) is 0.766. The molecule has 4 heterocycles. The van der Waals surface area contributed by atoms with Crippen LogP contribution in [0, 0.1) is 13.8 Å². The molecule has 1 fully saturated rings. The van der Waals surface area contributed by atoms with Gasteiger partial charge in [-0.05, 0) is 38.8 Å². The van der Waals surface area contributed by atoms with Crippen LogP contribution in [0.1, 0.15) is 41.6 Å². The van der Waals surface area contributed by atoms with Crippen LogP contribution in [0.4, 0.5) is 5.82 Å². The first-order chi connectivity index (χ1) is 12.6. The lowest BCUT2D eigenvalue weighted by molar-refractivity contribution is 0.276. The molecule has 26 heavy (non-hydrogen) atoms. The molecule has 0 aromatic carbocycles. The van der Waals surface area contributed by atoms with Crippen LogP contribution >= 0.6 is 0 Å². The highest BCUT2D eigenvalue weighted by atomic mass is 16.3. The van der Waals surface area contributed by atoms with E-state index < -0.39 is 0 Å². The molecule has 0 saturated carbocycles. The fraction of sp³-hybridized carbons (Fsp3) is 0.389. The summed E-state index contributed by atoms with van der Waals surface area (Å²) in [6, 6.07) is 1.85. The zero-order valence-electron chi connectivity index (χ0n) is 14.9. The molecule has 1 N–H and O–H groups in total. The van der Waals surface area contributed by atoms with E-state index in [1.165, 1.54) is 12.8 Å². The van der Waals surface area contributed by atoms with Crippen molar-refractivity contribution in [2.75, 3.05) is 18.0 Å². The number of nitrogens with zero attached hydrogens (tertiary/aromatic N) is 7. The smallest absolute Gasteiger partial charge is 0.177 e. The maximum atomic E-state index is 9.50. The molecule has 8 heteroatoms. The van der Waals surface area contributed by atoms with Gasteiger partial charge in [0.15, 0.2) is 17.3 Å². The van der Waals surface area contributed by atoms with Gasteiger partial charge in [0.2, 0.25) is 0 Å². The van der Waals surface area contributed by atoms with Crippen LogP contribution in [0.2, 0.25) is 0 Å². The summed E-state index contributed by atoms with van der Waals surface area (Å²) in [6.45, 7) is 5.72. The number of aliphatic hydroxyl groups excluding tert-OH is 1. The summed E-state index contributed by atoms with van der Waals surface area (Å²) >= 11 is 0. The van der Waals surface area contributed by atoms with Crippen molar-refractivity contribution in [3.05, 3.63) is 41.0 Å². The molecule has 8 nitrogen and oxygen atoms in total. The van der Waals surface area contributed by atoms with Gasteiger partial charge >= 0.3 is 0 Å². The van der Waals surface area contributed by atoms with E-state index >= 15 is 0 Å². The number of aliphatic hydroxyl groups is 1. The normalized spacial score (nSPS) is 14.8. The first kappa shape index (κ1) is 16.6. The van der Waals surface area contributed by atoms with E-state index in [0.717, 1.165) is 35.9 Å². The molecule has 0 amide bonds. The Kier molecular flexibility index (Phi) is 4.34. The van der Waals surface area contributed by atoms with Crippen molar-refractivity contribution in [2.45, 2.75) is 33.3 Å². The van der Waals surface area contributed by atoms with E-state index in [4.69, 9.17) is 0 Å². The molecule has 3 aromatic rings. The van der Waals surface area contributed by atoms with E-state index in [-0.39, 0.29) is 6.61 Å². The van der Waals surface area contributed by atoms with Crippen LogP contribution < -0.4 is 4.90 Å². The van der Waals surface area contributed by atoms with Gasteiger partial charge in [-0.25, -0.2) is 19.5 Å². The number of anilines is 1. The largest absolute Gasteiger partial charge is 0.390 e. The van der Waals surface area contributed by atoms with Crippen LogP contribution in [0.25, 0.3) is 17.8 Å². The maximum Gasteiger partial charge on any atom is 0.177 e. The van der Waals surface area contributed by atoms with Gasteiger partial charge in [0.05, 0.1) is 23.7 Å². The Morgan fingerprint density at radius 1 is 1.08 bits per heavy atom. The van der Waals surface area contributed by atoms with E-state index in [9.17, 15) is 5.11 Å². The molecule has 0 atom stereocenters. The summed E-state index contributed by atoms with van der Waals surface area (Å²) in [5, 5.41) is 14.0. The lowest BCUT2D eigenvalue weighted by Crippen LogP contribution is -2.20. The molecule has 1 aliphatic heterocycles. The van der Waals surface area contributed by atoms with Crippen molar-refractivity contribution in [3.8, 4) is 0 Å². The van der Waals surface area contributed by atoms with Gasteiger partial charge < -0.3 is 10.0 Å². The molecular formula is C18H21N7O. The molecule has 1 saturated heterocycles. The van der Waals surface area contributed by atoms with Crippen LogP contribution in [-0.4, -0.2) is 47.7 Å². The Hall–Kier alpha value is -2.87. The standard InChI is InChI=1S/C18H21N7O/c1-12-10-19-13(2)18-22-16(23-25(12)18)6-5-15-20-14(11-26)9-17(21-15)24-7-3-4-8-24/h5-6,9-10,26H,3-4,7-8,11H2,1-2H3/b6-5-. The Bertz CT molecular complexity index is 934. The lowest BCUT2D eigenvalue weighted by atomic mass is 10.3. The number of aryl methyl sites for hydroxylation is 2. The van der Waals surface area contributed by atoms with Gasteiger partial charge in [0, 0.05) is 25.4 Å². The minimum Gasteiger partial charge on any atom is -0.390 e. The van der Waals surface area contributed by atoms with E-state index in [1.54, 1.807) is 22.9 Å². The van der Waals surface area contributed by atoms with Crippen LogP contribution in [0.15, 0.2) is 12.3 Å². The number of aromatic nitrogens is 6. The van der Waals surface area contributed by atoms with Crippen molar-refractivity contribution in [3.63, 3.8) is 0 Å². The molecule has 1 aliphatic rings. The molecule has 0 aliphatic carbocycles. The van der Waals surface area contributed by atoms with Gasteiger partial charge in [-0.2, -0.15) is 0 Å². The second-order valence-electron chi connectivity index (χ2n) is 6.45. The lowest BCUT2D eigenvalue weighted by Gasteiger charge is -2.17. The monoisotopic (exact) mass is 351 g/mol. The van der Waals surface area contributed by atoms with Crippen molar-refractivity contribution in [2.24, 2.45) is 0 Å². The molecule has 134 valence electrons. The number of hydrogen-bond acceptors (Lipinski definition) is 7. The Balaban J connectivity index is 1.67. The first-order valence-electron chi connectivity index (χ1n) is 8.75. The van der Waals surface area contributed by atoms with Crippen molar-refractivity contribution in [1.82, 2.24) is 29.5 Å². The fourth-order valence-corrected chi connectivity index (χ4v) is 3.10. The second-order valence-corrected chi connectivity index (χ2v) is 6.45. The molecular weight excluding hydrogens is 330 g/mol. The number of rotatable bonds is 4. The maximum absolute atomic E-state index is 9.50. The highest BCUT2D eigenvalue weighted by Gasteiger charge is 2.15. The highest BCUT2D eigenvalue weighted by Crippen LogP contribution is 2.19. The molecule has 3 aromatic heterocycles. The zero-order valence-corrected chi connectivity index (χ0v) is 14.9. The Labute approximate surface area is 151 Å². The van der Waals surface area contributed by atoms with Crippen molar-refractivity contribution < 1.29 is 5.11 Å². The zero-order chi connectivity index (χ0) is 18.1. The fourth-order valence-electron chi connectivity index (χ4n) is 3.10. The molecule has 4 rings (SSSR count). The predicted octanol–water partition coefficient (Wildman–Crippen LogP) is 1.79. The SMILES string of the molecule is Cc1ncc(C)n2nc(/C=C\c3nc(CO)cc(N4CCCC4)n3)nc12. The molecule has 0 spiro atoms. The third kappa shape index (κ3) is 3.15. The van der Waals surface area contributed by atoms with E-state index in [1.807, 2.05) is 19.9 Å².